The maximum absolute atomic E-state index is 12.4. The van der Waals surface area contributed by atoms with Gasteiger partial charge in [-0.1, -0.05) is 28.1 Å². The number of benzene rings is 1. The molecule has 0 aliphatic carbocycles. The first-order chi connectivity index (χ1) is 8.99. The lowest BCUT2D eigenvalue weighted by Gasteiger charge is -2.22. The quantitative estimate of drug-likeness (QED) is 0.803. The number of likely N-dealkylation sites (tertiary alicyclic amines) is 1. The first-order valence-electron chi connectivity index (χ1n) is 5.97. The van der Waals surface area contributed by atoms with Crippen LogP contribution in [0.1, 0.15) is 25.3 Å². The second-order valence-electron chi connectivity index (χ2n) is 4.77. The summed E-state index contributed by atoms with van der Waals surface area (Å²) in [7, 11) is 0. The van der Waals surface area contributed by atoms with Gasteiger partial charge in [0.05, 0.1) is 17.9 Å². The highest BCUT2D eigenvalue weighted by Crippen LogP contribution is 2.36. The molecule has 2 amide bonds. The minimum Gasteiger partial charge on any atom is -0.281 e. The highest BCUT2D eigenvalue weighted by atomic mass is 79.9. The van der Waals surface area contributed by atoms with E-state index in [1.165, 1.54) is 4.90 Å². The molecule has 1 saturated heterocycles. The summed E-state index contributed by atoms with van der Waals surface area (Å²) in [6.07, 6.45) is 0.340. The molecule has 1 fully saturated rings. The van der Waals surface area contributed by atoms with Crippen molar-refractivity contribution in [3.05, 3.63) is 34.3 Å². The SMILES string of the molecule is C[C@]1(c2ccc(Br)cc2)CC(=O)N(CCC#N)C1=O. The van der Waals surface area contributed by atoms with Crippen LogP contribution in [0.3, 0.4) is 0 Å². The standard InChI is InChI=1S/C14H13BrN2O2/c1-14(10-3-5-11(15)6-4-10)9-12(18)17(13(14)19)8-2-7-16/h3-6H,2,8-9H2,1H3/t14-/m1/s1. The Morgan fingerprint density at radius 1 is 1.37 bits per heavy atom. The van der Waals surface area contributed by atoms with Gasteiger partial charge in [0.15, 0.2) is 0 Å². The van der Waals surface area contributed by atoms with Crippen molar-refractivity contribution in [3.8, 4) is 6.07 Å². The van der Waals surface area contributed by atoms with Gasteiger partial charge in [-0.25, -0.2) is 0 Å². The molecule has 1 atom stereocenters. The van der Waals surface area contributed by atoms with Crippen LogP contribution in [0.5, 0.6) is 0 Å². The largest absolute Gasteiger partial charge is 0.281 e. The highest BCUT2D eigenvalue weighted by Gasteiger charge is 2.48. The third-order valence-electron chi connectivity index (χ3n) is 3.45. The van der Waals surface area contributed by atoms with Crippen molar-refractivity contribution in [1.82, 2.24) is 4.90 Å². The lowest BCUT2D eigenvalue weighted by atomic mass is 9.81. The number of nitrogens with zero attached hydrogens (tertiary/aromatic N) is 2. The summed E-state index contributed by atoms with van der Waals surface area (Å²) in [4.78, 5) is 25.5. The normalized spacial score (nSPS) is 22.7. The fourth-order valence-electron chi connectivity index (χ4n) is 2.32. The van der Waals surface area contributed by atoms with Crippen molar-refractivity contribution < 1.29 is 9.59 Å². The van der Waals surface area contributed by atoms with Crippen molar-refractivity contribution >= 4 is 27.7 Å². The molecule has 0 aromatic heterocycles. The molecule has 0 N–H and O–H groups in total. The Hall–Kier alpha value is -1.67. The van der Waals surface area contributed by atoms with E-state index < -0.39 is 5.41 Å². The monoisotopic (exact) mass is 320 g/mol. The van der Waals surface area contributed by atoms with Gasteiger partial charge in [-0.3, -0.25) is 14.5 Å². The molecule has 1 heterocycles. The van der Waals surface area contributed by atoms with Crippen LogP contribution < -0.4 is 0 Å². The molecule has 0 bridgehead atoms. The molecule has 0 saturated carbocycles. The van der Waals surface area contributed by atoms with Crippen molar-refractivity contribution in [1.29, 1.82) is 5.26 Å². The maximum atomic E-state index is 12.4. The zero-order chi connectivity index (χ0) is 14.0. The maximum Gasteiger partial charge on any atom is 0.240 e. The third kappa shape index (κ3) is 2.41. The summed E-state index contributed by atoms with van der Waals surface area (Å²) in [5, 5.41) is 8.57. The Bertz CT molecular complexity index is 562. The summed E-state index contributed by atoms with van der Waals surface area (Å²) < 4.78 is 0.929. The third-order valence-corrected chi connectivity index (χ3v) is 3.98. The van der Waals surface area contributed by atoms with E-state index in [1.54, 1.807) is 6.92 Å². The van der Waals surface area contributed by atoms with Gasteiger partial charge in [-0.2, -0.15) is 5.26 Å². The van der Waals surface area contributed by atoms with Gasteiger partial charge in [0.25, 0.3) is 0 Å². The number of imide groups is 1. The molecule has 4 nitrogen and oxygen atoms in total. The van der Waals surface area contributed by atoms with Gasteiger partial charge in [0, 0.05) is 17.4 Å². The minimum atomic E-state index is -0.812. The number of carbonyl (C=O) groups is 2. The van der Waals surface area contributed by atoms with Crippen LogP contribution >= 0.6 is 15.9 Å². The van der Waals surface area contributed by atoms with Crippen molar-refractivity contribution in [3.63, 3.8) is 0 Å². The van der Waals surface area contributed by atoms with E-state index in [4.69, 9.17) is 5.26 Å². The predicted molar refractivity (Wildman–Crippen MR) is 73.1 cm³/mol. The fraction of sp³-hybridized carbons (Fsp3) is 0.357. The Balaban J connectivity index is 2.30. The molecule has 5 heteroatoms. The van der Waals surface area contributed by atoms with Crippen LogP contribution in [0.4, 0.5) is 0 Å². The minimum absolute atomic E-state index is 0.166. The Labute approximate surface area is 120 Å². The number of carbonyl (C=O) groups excluding carboxylic acids is 2. The summed E-state index contributed by atoms with van der Waals surface area (Å²) >= 11 is 3.35. The zero-order valence-corrected chi connectivity index (χ0v) is 12.1. The Morgan fingerprint density at radius 2 is 2.00 bits per heavy atom. The molecule has 19 heavy (non-hydrogen) atoms. The van der Waals surface area contributed by atoms with E-state index in [2.05, 4.69) is 15.9 Å². The van der Waals surface area contributed by atoms with Crippen LogP contribution in [0, 0.1) is 11.3 Å². The number of nitriles is 1. The average Bonchev–Trinajstić information content (AvgIpc) is 2.60. The molecule has 98 valence electrons. The van der Waals surface area contributed by atoms with Gasteiger partial charge < -0.3 is 0 Å². The number of amides is 2. The van der Waals surface area contributed by atoms with E-state index in [1.807, 2.05) is 30.3 Å². The molecule has 0 radical (unpaired) electrons. The summed E-state index contributed by atoms with van der Waals surface area (Å²) in [5.41, 5.74) is 0.0151. The second-order valence-corrected chi connectivity index (χ2v) is 5.69. The number of hydrogen-bond donors (Lipinski definition) is 0. The van der Waals surface area contributed by atoms with Gasteiger partial charge in [0.2, 0.25) is 11.8 Å². The molecule has 1 aliphatic heterocycles. The first-order valence-corrected chi connectivity index (χ1v) is 6.76. The molecule has 0 spiro atoms. The Morgan fingerprint density at radius 3 is 2.58 bits per heavy atom. The zero-order valence-electron chi connectivity index (χ0n) is 10.5. The van der Waals surface area contributed by atoms with Gasteiger partial charge in [-0.15, -0.1) is 0 Å². The van der Waals surface area contributed by atoms with Crippen LogP contribution in [0.2, 0.25) is 0 Å². The molecule has 0 unspecified atom stereocenters. The lowest BCUT2D eigenvalue weighted by molar-refractivity contribution is -0.139. The van der Waals surface area contributed by atoms with Gasteiger partial charge >= 0.3 is 0 Å². The number of hydrogen-bond acceptors (Lipinski definition) is 3. The van der Waals surface area contributed by atoms with E-state index in [0.717, 1.165) is 10.0 Å². The first kappa shape index (κ1) is 13.8. The molecule has 2 rings (SSSR count). The highest BCUT2D eigenvalue weighted by molar-refractivity contribution is 9.10. The number of rotatable bonds is 3. The predicted octanol–water partition coefficient (Wildman–Crippen LogP) is 2.38. The van der Waals surface area contributed by atoms with E-state index in [0.29, 0.717) is 0 Å². The lowest BCUT2D eigenvalue weighted by Crippen LogP contribution is -2.37. The topological polar surface area (TPSA) is 61.2 Å². The van der Waals surface area contributed by atoms with Crippen molar-refractivity contribution in [2.75, 3.05) is 6.54 Å². The molecule has 1 aromatic carbocycles. The molecule has 1 aliphatic rings. The molecule has 1 aromatic rings. The van der Waals surface area contributed by atoms with E-state index in [9.17, 15) is 9.59 Å². The number of halogens is 1. The summed E-state index contributed by atoms with van der Waals surface area (Å²) in [6, 6.07) is 9.37. The van der Waals surface area contributed by atoms with E-state index in [-0.39, 0.29) is 31.2 Å². The summed E-state index contributed by atoms with van der Waals surface area (Å²) in [6.45, 7) is 1.96. The summed E-state index contributed by atoms with van der Waals surface area (Å²) in [5.74, 6) is -0.416. The van der Waals surface area contributed by atoms with Crippen LogP contribution in [0.25, 0.3) is 0 Å². The van der Waals surface area contributed by atoms with Gasteiger partial charge in [-0.05, 0) is 24.6 Å². The van der Waals surface area contributed by atoms with Crippen LogP contribution in [0.15, 0.2) is 28.7 Å². The molecular formula is C14H13BrN2O2. The van der Waals surface area contributed by atoms with Crippen LogP contribution in [-0.4, -0.2) is 23.3 Å². The van der Waals surface area contributed by atoms with E-state index >= 15 is 0 Å². The van der Waals surface area contributed by atoms with Crippen molar-refractivity contribution in [2.24, 2.45) is 0 Å². The molecular weight excluding hydrogens is 308 g/mol. The van der Waals surface area contributed by atoms with Crippen LogP contribution in [-0.2, 0) is 15.0 Å². The fourth-order valence-corrected chi connectivity index (χ4v) is 2.58. The second kappa shape index (κ2) is 5.14. The average molecular weight is 321 g/mol. The smallest absolute Gasteiger partial charge is 0.240 e. The van der Waals surface area contributed by atoms with Gasteiger partial charge in [0.1, 0.15) is 0 Å². The Kier molecular flexibility index (Phi) is 3.72. The van der Waals surface area contributed by atoms with Crippen molar-refractivity contribution in [2.45, 2.75) is 25.2 Å².